The Kier molecular flexibility index (Phi) is 7.86. The number of hydrogen-bond donors (Lipinski definition) is 6. The fourth-order valence-corrected chi connectivity index (χ4v) is 3.30. The number of aromatic hydroxyl groups is 2. The normalized spacial score (nSPS) is 23.9. The van der Waals surface area contributed by atoms with Crippen LogP contribution in [0.2, 0.25) is 0 Å². The van der Waals surface area contributed by atoms with Crippen molar-refractivity contribution in [1.82, 2.24) is 0 Å². The van der Waals surface area contributed by atoms with Gasteiger partial charge in [-0.1, -0.05) is 0 Å². The SMILES string of the molecule is COc1cc(C(=O)OCC2OC(Oc3ccc(O)c(C(=O)O)c3)C(O)C(O)C2O)cc(OC)c1O. The molecule has 1 saturated heterocycles. The smallest absolute Gasteiger partial charge is 0.339 e. The number of phenols is 2. The Labute approximate surface area is 198 Å². The van der Waals surface area contributed by atoms with Crippen molar-refractivity contribution >= 4 is 11.9 Å². The summed E-state index contributed by atoms with van der Waals surface area (Å²) >= 11 is 0. The van der Waals surface area contributed by atoms with Crippen LogP contribution in [0.5, 0.6) is 28.7 Å². The lowest BCUT2D eigenvalue weighted by molar-refractivity contribution is -0.277. The van der Waals surface area contributed by atoms with Gasteiger partial charge in [-0.15, -0.1) is 0 Å². The highest BCUT2D eigenvalue weighted by Crippen LogP contribution is 2.37. The van der Waals surface area contributed by atoms with E-state index in [4.69, 9.17) is 28.8 Å². The number of methoxy groups -OCH3 is 2. The molecule has 5 unspecified atom stereocenters. The van der Waals surface area contributed by atoms with Gasteiger partial charge < -0.3 is 54.3 Å². The average molecular weight is 496 g/mol. The number of aromatic carboxylic acids is 1. The summed E-state index contributed by atoms with van der Waals surface area (Å²) in [5.41, 5.74) is -0.529. The molecular weight excluding hydrogens is 472 g/mol. The van der Waals surface area contributed by atoms with E-state index in [9.17, 15) is 35.1 Å². The van der Waals surface area contributed by atoms with Crippen LogP contribution in [0.1, 0.15) is 20.7 Å². The van der Waals surface area contributed by atoms with E-state index >= 15 is 0 Å². The average Bonchev–Trinajstić information content (AvgIpc) is 2.84. The van der Waals surface area contributed by atoms with Gasteiger partial charge in [0, 0.05) is 0 Å². The van der Waals surface area contributed by atoms with Crippen molar-refractivity contribution in [3.63, 3.8) is 0 Å². The minimum Gasteiger partial charge on any atom is -0.507 e. The third-order valence-corrected chi connectivity index (χ3v) is 5.21. The molecule has 1 aliphatic heterocycles. The Balaban J connectivity index is 1.73. The molecule has 2 aromatic carbocycles. The number of aliphatic hydroxyl groups excluding tert-OH is 3. The number of esters is 1. The number of aliphatic hydroxyl groups is 3. The van der Waals surface area contributed by atoms with Gasteiger partial charge >= 0.3 is 11.9 Å². The second-order valence-electron chi connectivity index (χ2n) is 7.44. The molecule has 5 atom stereocenters. The van der Waals surface area contributed by atoms with Crippen molar-refractivity contribution < 1.29 is 63.9 Å². The number of carboxylic acid groups (broad SMARTS) is 1. The number of benzene rings is 2. The number of ether oxygens (including phenoxy) is 5. The highest BCUT2D eigenvalue weighted by molar-refractivity contribution is 5.91. The molecule has 0 spiro atoms. The first-order valence-electron chi connectivity index (χ1n) is 10.1. The topological polar surface area (TPSA) is 202 Å². The summed E-state index contributed by atoms with van der Waals surface area (Å²) in [5, 5.41) is 59.4. The third-order valence-electron chi connectivity index (χ3n) is 5.21. The third kappa shape index (κ3) is 5.49. The number of carbonyl (C=O) groups is 2. The summed E-state index contributed by atoms with van der Waals surface area (Å²) in [6, 6.07) is 5.64. The van der Waals surface area contributed by atoms with Crippen LogP contribution >= 0.6 is 0 Å². The molecule has 0 aromatic heterocycles. The van der Waals surface area contributed by atoms with Crippen molar-refractivity contribution in [2.45, 2.75) is 30.7 Å². The summed E-state index contributed by atoms with van der Waals surface area (Å²) in [6.45, 7) is -0.578. The summed E-state index contributed by atoms with van der Waals surface area (Å²) in [6.07, 6.45) is -8.11. The molecule has 13 heteroatoms. The Bertz CT molecular complexity index is 1060. The van der Waals surface area contributed by atoms with Crippen LogP contribution in [-0.4, -0.2) is 94.1 Å². The van der Waals surface area contributed by atoms with Gasteiger partial charge in [-0.3, -0.25) is 0 Å². The largest absolute Gasteiger partial charge is 0.507 e. The van der Waals surface area contributed by atoms with Crippen LogP contribution in [-0.2, 0) is 9.47 Å². The van der Waals surface area contributed by atoms with E-state index in [1.807, 2.05) is 0 Å². The first-order chi connectivity index (χ1) is 16.6. The Morgan fingerprint density at radius 3 is 2.14 bits per heavy atom. The highest BCUT2D eigenvalue weighted by Gasteiger charge is 2.45. The zero-order valence-electron chi connectivity index (χ0n) is 18.5. The van der Waals surface area contributed by atoms with Crippen LogP contribution in [0.25, 0.3) is 0 Å². The number of hydrogen-bond acceptors (Lipinski definition) is 12. The Morgan fingerprint density at radius 1 is 0.943 bits per heavy atom. The van der Waals surface area contributed by atoms with Gasteiger partial charge in [0.1, 0.15) is 48.1 Å². The lowest BCUT2D eigenvalue weighted by atomic mass is 9.99. The molecule has 6 N–H and O–H groups in total. The van der Waals surface area contributed by atoms with E-state index < -0.39 is 60.6 Å². The Morgan fingerprint density at radius 2 is 1.57 bits per heavy atom. The summed E-state index contributed by atoms with van der Waals surface area (Å²) in [5.74, 6) is -3.39. The lowest BCUT2D eigenvalue weighted by Gasteiger charge is -2.39. The summed E-state index contributed by atoms with van der Waals surface area (Å²) < 4.78 is 26.0. The zero-order chi connectivity index (χ0) is 25.9. The minimum absolute atomic E-state index is 0.0492. The summed E-state index contributed by atoms with van der Waals surface area (Å²) in [7, 11) is 2.55. The molecule has 35 heavy (non-hydrogen) atoms. The first-order valence-corrected chi connectivity index (χ1v) is 10.1. The molecule has 0 amide bonds. The molecule has 0 aliphatic carbocycles. The van der Waals surface area contributed by atoms with Crippen molar-refractivity contribution in [2.24, 2.45) is 0 Å². The number of rotatable bonds is 8. The monoisotopic (exact) mass is 496 g/mol. The van der Waals surface area contributed by atoms with Gasteiger partial charge in [-0.2, -0.15) is 0 Å². The van der Waals surface area contributed by atoms with Gasteiger partial charge in [0.05, 0.1) is 19.8 Å². The van der Waals surface area contributed by atoms with E-state index in [1.165, 1.54) is 32.4 Å². The molecule has 0 bridgehead atoms. The standard InChI is InChI=1S/C22H24O13/c1-31-13-5-9(6-14(32-2)16(13)24)21(30)33-8-15-17(25)18(26)19(27)22(35-15)34-10-3-4-12(23)11(7-10)20(28)29/h3-7,15,17-19,22-27H,8H2,1-2H3,(H,28,29). The van der Waals surface area contributed by atoms with E-state index in [2.05, 4.69) is 0 Å². The molecule has 1 heterocycles. The van der Waals surface area contributed by atoms with Gasteiger partial charge in [0.25, 0.3) is 0 Å². The molecule has 190 valence electrons. The van der Waals surface area contributed by atoms with E-state index in [0.29, 0.717) is 0 Å². The molecule has 2 aromatic rings. The number of carboxylic acids is 1. The quantitative estimate of drug-likeness (QED) is 0.264. The van der Waals surface area contributed by atoms with Crippen molar-refractivity contribution in [3.05, 3.63) is 41.5 Å². The molecule has 0 radical (unpaired) electrons. The number of phenolic OH excluding ortho intramolecular Hbond substituents is 1. The maximum absolute atomic E-state index is 12.5. The first kappa shape index (κ1) is 25.8. The van der Waals surface area contributed by atoms with E-state index in [0.717, 1.165) is 12.1 Å². The van der Waals surface area contributed by atoms with Crippen LogP contribution in [0.3, 0.4) is 0 Å². The van der Waals surface area contributed by atoms with E-state index in [1.54, 1.807) is 0 Å². The maximum Gasteiger partial charge on any atom is 0.339 e. The van der Waals surface area contributed by atoms with Gasteiger partial charge in [0.15, 0.2) is 11.5 Å². The molecule has 13 nitrogen and oxygen atoms in total. The van der Waals surface area contributed by atoms with Crippen LogP contribution in [0.15, 0.2) is 30.3 Å². The molecular formula is C22H24O13. The minimum atomic E-state index is -1.76. The van der Waals surface area contributed by atoms with Crippen molar-refractivity contribution in [3.8, 4) is 28.7 Å². The van der Waals surface area contributed by atoms with Gasteiger partial charge in [0.2, 0.25) is 12.0 Å². The van der Waals surface area contributed by atoms with Crippen LogP contribution in [0.4, 0.5) is 0 Å². The Hall–Kier alpha value is -3.78. The van der Waals surface area contributed by atoms with Crippen molar-refractivity contribution in [1.29, 1.82) is 0 Å². The second-order valence-corrected chi connectivity index (χ2v) is 7.44. The van der Waals surface area contributed by atoms with Crippen LogP contribution < -0.4 is 14.2 Å². The second kappa shape index (κ2) is 10.7. The lowest BCUT2D eigenvalue weighted by Crippen LogP contribution is -2.60. The molecule has 3 rings (SSSR count). The van der Waals surface area contributed by atoms with Crippen molar-refractivity contribution in [2.75, 3.05) is 20.8 Å². The summed E-state index contributed by atoms with van der Waals surface area (Å²) in [4.78, 5) is 23.7. The van der Waals surface area contributed by atoms with Gasteiger partial charge in [-0.25, -0.2) is 9.59 Å². The predicted molar refractivity (Wildman–Crippen MR) is 114 cm³/mol. The highest BCUT2D eigenvalue weighted by atomic mass is 16.7. The molecule has 1 fully saturated rings. The van der Waals surface area contributed by atoms with Gasteiger partial charge in [-0.05, 0) is 30.3 Å². The fourth-order valence-electron chi connectivity index (χ4n) is 3.30. The molecule has 1 aliphatic rings. The molecule has 0 saturated carbocycles. The fraction of sp³-hybridized carbons (Fsp3) is 0.364. The maximum atomic E-state index is 12.5. The van der Waals surface area contributed by atoms with Crippen LogP contribution in [0, 0.1) is 0 Å². The zero-order valence-corrected chi connectivity index (χ0v) is 18.5. The predicted octanol–water partition coefficient (Wildman–Crippen LogP) is -0.143. The van der Waals surface area contributed by atoms with E-state index in [-0.39, 0.29) is 28.6 Å². The number of carbonyl (C=O) groups excluding carboxylic acids is 1.